The van der Waals surface area contributed by atoms with Gasteiger partial charge < -0.3 is 48.5 Å². The maximum absolute atomic E-state index is 14.5. The Hall–Kier alpha value is -3.47. The van der Waals surface area contributed by atoms with E-state index in [2.05, 4.69) is 34.4 Å². The molecule has 3 unspecified atom stereocenters. The van der Waals surface area contributed by atoms with Crippen molar-refractivity contribution in [2.45, 2.75) is 218 Å². The van der Waals surface area contributed by atoms with Gasteiger partial charge >= 0.3 is 5.97 Å². The maximum atomic E-state index is 14.5. The fraction of sp³-hybridized carbons (Fsp3) is 0.788. The van der Waals surface area contributed by atoms with E-state index >= 15 is 0 Å². The highest BCUT2D eigenvalue weighted by Gasteiger charge is 2.53. The van der Waals surface area contributed by atoms with Crippen LogP contribution >= 0.6 is 0 Å². The van der Waals surface area contributed by atoms with E-state index in [4.69, 9.17) is 38.4 Å². The number of aliphatic hydroxyl groups is 3. The molecule has 0 bridgehead atoms. The Morgan fingerprint density at radius 1 is 0.887 bits per heavy atom. The molecule has 0 spiro atoms. The standard InChI is InChI=1S/C52H85N5O14/c1-14-40-52(10,63)46(60)32(4)44(59)30(2)26-51(9,66-13)48(33(5)45(34(6)49(62)69-40)70-43-27-50(8,65-12)47(61)35(7)68-43)71-42-25-38(24-31(3)67-42)56(11)28-36-19-21-37(22-20-36)39-29-57(55-53-39)23-17-15-16-18-41(58)54-64/h19-22,29-35,38,40,42-43,45-48,60-61,63-64H,14-18,23-28H2,1-13H3,(H,54,58)/t30-,31-,32+,33+,34-,35+,38+,40?,42?,43?,45-,46-,47+,48-,50-,51+,52-/m1/s1. The predicted octanol–water partition coefficient (Wildman–Crippen LogP) is 5.36. The highest BCUT2D eigenvalue weighted by molar-refractivity contribution is 5.83. The van der Waals surface area contributed by atoms with E-state index in [9.17, 15) is 29.7 Å². The van der Waals surface area contributed by atoms with Gasteiger partial charge in [-0.1, -0.05) is 63.6 Å². The van der Waals surface area contributed by atoms with Crippen LogP contribution in [0.5, 0.6) is 0 Å². The van der Waals surface area contributed by atoms with E-state index in [0.717, 1.165) is 36.1 Å². The number of cyclic esters (lactones) is 1. The molecule has 0 saturated carbocycles. The van der Waals surface area contributed by atoms with Crippen LogP contribution in [0, 0.1) is 23.7 Å². The van der Waals surface area contributed by atoms with Crippen LogP contribution in [0.4, 0.5) is 0 Å². The summed E-state index contributed by atoms with van der Waals surface area (Å²) >= 11 is 0. The molecule has 19 nitrogen and oxygen atoms in total. The van der Waals surface area contributed by atoms with Gasteiger partial charge in [0.1, 0.15) is 29.3 Å². The number of nitrogens with zero attached hydrogens (tertiary/aromatic N) is 4. The lowest BCUT2D eigenvalue weighted by Crippen LogP contribution is -2.60. The number of nitrogens with one attached hydrogen (secondary N) is 1. The van der Waals surface area contributed by atoms with Crippen molar-refractivity contribution >= 4 is 17.7 Å². The van der Waals surface area contributed by atoms with E-state index < -0.39 is 95.6 Å². The average Bonchev–Trinajstić information content (AvgIpc) is 3.82. The van der Waals surface area contributed by atoms with Crippen LogP contribution < -0.4 is 5.48 Å². The van der Waals surface area contributed by atoms with Crippen molar-refractivity contribution in [2.75, 3.05) is 21.3 Å². The van der Waals surface area contributed by atoms with Gasteiger partial charge in [0.15, 0.2) is 12.6 Å². The molecule has 0 radical (unpaired) electrons. The second kappa shape index (κ2) is 25.2. The minimum atomic E-state index is -1.98. The van der Waals surface area contributed by atoms with Crippen LogP contribution in [0.15, 0.2) is 30.5 Å². The van der Waals surface area contributed by atoms with Crippen molar-refractivity contribution in [1.82, 2.24) is 25.4 Å². The number of aryl methyl sites for hydroxylation is 1. The topological polar surface area (TPSA) is 243 Å². The number of rotatable bonds is 17. The number of unbranched alkanes of at least 4 members (excludes halogenated alkanes) is 2. The van der Waals surface area contributed by atoms with Gasteiger partial charge in [0.2, 0.25) is 5.91 Å². The van der Waals surface area contributed by atoms with Gasteiger partial charge in [0.25, 0.3) is 0 Å². The molecule has 3 saturated heterocycles. The summed E-state index contributed by atoms with van der Waals surface area (Å²) in [5, 5.41) is 51.9. The first-order valence-corrected chi connectivity index (χ1v) is 25.6. The summed E-state index contributed by atoms with van der Waals surface area (Å²) in [6.45, 7) is 18.8. The zero-order valence-electron chi connectivity index (χ0n) is 44.4. The lowest BCUT2D eigenvalue weighted by molar-refractivity contribution is -0.309. The quantitative estimate of drug-likeness (QED) is 0.0580. The third kappa shape index (κ3) is 14.2. The number of ketones is 1. The number of carbonyl (C=O) groups is 3. The number of Topliss-reactive ketones (excluding diaryl/α,β-unsaturated/α-hetero) is 1. The number of carbonyl (C=O) groups excluding carboxylic acids is 3. The first kappa shape index (κ1) is 58.4. The number of aliphatic hydroxyl groups excluding tert-OH is 2. The second-order valence-corrected chi connectivity index (χ2v) is 21.4. The molecule has 3 aliphatic rings. The molecule has 4 heterocycles. The fourth-order valence-corrected chi connectivity index (χ4v) is 11.0. The summed E-state index contributed by atoms with van der Waals surface area (Å²) < 4.78 is 47.0. The minimum absolute atomic E-state index is 0.0294. The monoisotopic (exact) mass is 1000 g/mol. The van der Waals surface area contributed by atoms with Crippen LogP contribution in [0.2, 0.25) is 0 Å². The molecule has 0 aliphatic carbocycles. The molecule has 3 aliphatic heterocycles. The van der Waals surface area contributed by atoms with E-state index in [-0.39, 0.29) is 49.5 Å². The maximum Gasteiger partial charge on any atom is 0.311 e. The molecule has 1 amide bonds. The lowest BCUT2D eigenvalue weighted by atomic mass is 9.74. The number of aromatic nitrogens is 3. The Morgan fingerprint density at radius 2 is 1.56 bits per heavy atom. The van der Waals surface area contributed by atoms with Gasteiger partial charge in [-0.15, -0.1) is 5.10 Å². The Kier molecular flexibility index (Phi) is 20.7. The average molecular weight is 1000 g/mol. The minimum Gasteiger partial charge on any atom is -0.459 e. The van der Waals surface area contributed by atoms with Crippen LogP contribution in [0.3, 0.4) is 0 Å². The number of hydrogen-bond donors (Lipinski definition) is 5. The van der Waals surface area contributed by atoms with Gasteiger partial charge in [0.05, 0.1) is 53.8 Å². The highest BCUT2D eigenvalue weighted by atomic mass is 16.7. The number of esters is 1. The fourth-order valence-electron chi connectivity index (χ4n) is 11.0. The molecule has 5 rings (SSSR count). The van der Waals surface area contributed by atoms with Gasteiger partial charge in [0, 0.05) is 75.9 Å². The van der Waals surface area contributed by atoms with Crippen molar-refractivity contribution in [2.24, 2.45) is 23.7 Å². The molecular formula is C52H85N5O14. The lowest BCUT2D eigenvalue weighted by Gasteiger charge is -2.49. The SMILES string of the molecule is CCC1OC(=O)[C@H](C)[C@H](OC2C[C@@](C)(OC)[C@@H](O)[C@H](C)O2)[C@H](C)[C@@H](OC2C[C@@H](N(C)Cc3ccc(-c4cn(CCCCCC(=O)NO)nn4)cc3)C[C@@H](C)O2)[C@@](C)(OC)C[C@@H](C)C(=O)[C@H](C)[C@@H](O)[C@]1(C)O. The molecule has 71 heavy (non-hydrogen) atoms. The molecule has 5 N–H and O–H groups in total. The number of amides is 1. The molecule has 19 heteroatoms. The molecule has 17 atom stereocenters. The van der Waals surface area contributed by atoms with Crippen molar-refractivity contribution in [3.63, 3.8) is 0 Å². The predicted molar refractivity (Wildman–Crippen MR) is 261 cm³/mol. The number of methoxy groups -OCH3 is 2. The zero-order chi connectivity index (χ0) is 52.6. The van der Waals surface area contributed by atoms with Crippen LogP contribution in [0.25, 0.3) is 11.3 Å². The van der Waals surface area contributed by atoms with Gasteiger partial charge in [-0.25, -0.2) is 5.48 Å². The summed E-state index contributed by atoms with van der Waals surface area (Å²) in [6, 6.07) is 8.27. The van der Waals surface area contributed by atoms with E-state index in [1.807, 2.05) is 39.1 Å². The van der Waals surface area contributed by atoms with E-state index in [1.165, 1.54) is 14.0 Å². The van der Waals surface area contributed by atoms with Crippen LogP contribution in [-0.2, 0) is 60.6 Å². The normalized spacial score (nSPS) is 37.9. The number of ether oxygens (including phenoxy) is 7. The third-order valence-corrected chi connectivity index (χ3v) is 15.7. The smallest absolute Gasteiger partial charge is 0.311 e. The summed E-state index contributed by atoms with van der Waals surface area (Å²) in [4.78, 5) is 42.3. The van der Waals surface area contributed by atoms with Crippen molar-refractivity contribution in [1.29, 1.82) is 0 Å². The van der Waals surface area contributed by atoms with Gasteiger partial charge in [-0.05, 0) is 86.3 Å². The summed E-state index contributed by atoms with van der Waals surface area (Å²) in [5.41, 5.74) is 0.233. The molecule has 402 valence electrons. The van der Waals surface area contributed by atoms with Gasteiger partial charge in [-0.2, -0.15) is 0 Å². The third-order valence-electron chi connectivity index (χ3n) is 15.7. The molecular weight excluding hydrogens is 919 g/mol. The summed E-state index contributed by atoms with van der Waals surface area (Å²) in [6.07, 6.45) is -1.95. The number of benzene rings is 1. The Labute approximate surface area is 420 Å². The molecule has 3 fully saturated rings. The van der Waals surface area contributed by atoms with Crippen LogP contribution in [-0.4, -0.2) is 158 Å². The van der Waals surface area contributed by atoms with Crippen molar-refractivity contribution in [3.05, 3.63) is 36.0 Å². The largest absolute Gasteiger partial charge is 0.459 e. The van der Waals surface area contributed by atoms with Crippen LogP contribution in [0.1, 0.15) is 133 Å². The zero-order valence-corrected chi connectivity index (χ0v) is 44.4. The Bertz CT molecular complexity index is 2020. The molecule has 1 aromatic heterocycles. The Balaban J connectivity index is 1.41. The molecule has 2 aromatic rings. The van der Waals surface area contributed by atoms with E-state index in [1.54, 1.807) is 58.8 Å². The first-order chi connectivity index (χ1) is 33.4. The highest BCUT2D eigenvalue weighted by Crippen LogP contribution is 2.42. The second-order valence-electron chi connectivity index (χ2n) is 21.4. The number of hydroxylamine groups is 1. The summed E-state index contributed by atoms with van der Waals surface area (Å²) in [5.74, 6) is -4.74. The first-order valence-electron chi connectivity index (χ1n) is 25.6. The van der Waals surface area contributed by atoms with Crippen molar-refractivity contribution < 1.29 is 68.1 Å². The molecule has 1 aromatic carbocycles. The van der Waals surface area contributed by atoms with E-state index in [0.29, 0.717) is 25.9 Å². The summed E-state index contributed by atoms with van der Waals surface area (Å²) in [7, 11) is 5.16. The van der Waals surface area contributed by atoms with Crippen molar-refractivity contribution in [3.8, 4) is 11.3 Å². The Morgan fingerprint density at radius 3 is 2.20 bits per heavy atom. The number of hydrogen-bond acceptors (Lipinski definition) is 17. The van der Waals surface area contributed by atoms with Gasteiger partial charge in [-0.3, -0.25) is 29.2 Å².